The standard InChI is InChI=1S/C32H27NO4/c1-21-11-9-10-16-26(21)33-29(24-14-7-4-8-15-24)28(31(35)32(33)36)30(34)25-17-18-27(22(2)19-25)37-20-23-12-5-3-6-13-23/h3-19,29,34H,20H2,1-2H3/b30-28-. The summed E-state index contributed by atoms with van der Waals surface area (Å²) in [6, 6.07) is 31.1. The number of ether oxygens (including phenoxy) is 1. The first-order valence-electron chi connectivity index (χ1n) is 12.1. The van der Waals surface area contributed by atoms with Crippen molar-refractivity contribution < 1.29 is 19.4 Å². The summed E-state index contributed by atoms with van der Waals surface area (Å²) in [7, 11) is 0. The predicted molar refractivity (Wildman–Crippen MR) is 144 cm³/mol. The third-order valence-corrected chi connectivity index (χ3v) is 6.62. The number of benzene rings is 4. The number of anilines is 1. The zero-order valence-corrected chi connectivity index (χ0v) is 20.7. The molecule has 1 atom stereocenters. The van der Waals surface area contributed by atoms with Gasteiger partial charge in [-0.15, -0.1) is 0 Å². The van der Waals surface area contributed by atoms with Gasteiger partial charge < -0.3 is 9.84 Å². The quantitative estimate of drug-likeness (QED) is 0.191. The van der Waals surface area contributed by atoms with E-state index in [1.54, 1.807) is 18.2 Å². The van der Waals surface area contributed by atoms with Gasteiger partial charge in [-0.25, -0.2) is 0 Å². The van der Waals surface area contributed by atoms with Crippen molar-refractivity contribution in [3.63, 3.8) is 0 Å². The molecule has 184 valence electrons. The van der Waals surface area contributed by atoms with Crippen LogP contribution in [0, 0.1) is 13.8 Å². The molecule has 0 radical (unpaired) electrons. The average Bonchev–Trinajstić information content (AvgIpc) is 3.19. The van der Waals surface area contributed by atoms with Crippen LogP contribution < -0.4 is 9.64 Å². The molecule has 5 rings (SSSR count). The molecule has 0 bridgehead atoms. The molecule has 1 unspecified atom stereocenters. The summed E-state index contributed by atoms with van der Waals surface area (Å²) < 4.78 is 5.97. The molecule has 1 fully saturated rings. The topological polar surface area (TPSA) is 66.8 Å². The lowest BCUT2D eigenvalue weighted by Gasteiger charge is -2.26. The number of nitrogens with zero attached hydrogens (tertiary/aromatic N) is 1. The third kappa shape index (κ3) is 4.64. The van der Waals surface area contributed by atoms with Gasteiger partial charge in [-0.1, -0.05) is 78.9 Å². The maximum atomic E-state index is 13.4. The highest BCUT2D eigenvalue weighted by Gasteiger charge is 2.47. The predicted octanol–water partition coefficient (Wildman–Crippen LogP) is 6.51. The molecule has 5 nitrogen and oxygen atoms in total. The molecule has 1 aliphatic rings. The highest BCUT2D eigenvalue weighted by atomic mass is 16.5. The SMILES string of the molecule is Cc1cc(/C(O)=C2/C(=O)C(=O)N(c3ccccc3C)C2c2ccccc2)ccc1OCc1ccccc1. The summed E-state index contributed by atoms with van der Waals surface area (Å²) in [5.74, 6) is -0.901. The van der Waals surface area contributed by atoms with Gasteiger partial charge in [0.25, 0.3) is 11.7 Å². The molecule has 5 heteroatoms. The molecule has 1 aliphatic heterocycles. The van der Waals surface area contributed by atoms with Crippen LogP contribution in [0.5, 0.6) is 5.75 Å². The minimum Gasteiger partial charge on any atom is -0.507 e. The zero-order chi connectivity index (χ0) is 25.9. The number of Topliss-reactive ketones (excluding diaryl/α,β-unsaturated/α-hetero) is 1. The molecule has 0 saturated carbocycles. The number of carbonyl (C=O) groups excluding carboxylic acids is 2. The summed E-state index contributed by atoms with van der Waals surface area (Å²) in [6.07, 6.45) is 0. The van der Waals surface area contributed by atoms with E-state index in [1.165, 1.54) is 4.90 Å². The Morgan fingerprint density at radius 2 is 1.46 bits per heavy atom. The van der Waals surface area contributed by atoms with Crippen LogP contribution in [0.15, 0.2) is 109 Å². The van der Waals surface area contributed by atoms with Crippen LogP contribution in [0.1, 0.15) is 33.9 Å². The van der Waals surface area contributed by atoms with Gasteiger partial charge in [0.05, 0.1) is 11.6 Å². The first-order chi connectivity index (χ1) is 18.0. The van der Waals surface area contributed by atoms with E-state index in [2.05, 4.69) is 0 Å². The molecule has 1 heterocycles. The number of hydrogen-bond donors (Lipinski definition) is 1. The van der Waals surface area contributed by atoms with Crippen LogP contribution in [0.3, 0.4) is 0 Å². The van der Waals surface area contributed by atoms with Crippen LogP contribution in [-0.2, 0) is 16.2 Å². The van der Waals surface area contributed by atoms with Crippen molar-refractivity contribution >= 4 is 23.1 Å². The number of rotatable bonds is 6. The van der Waals surface area contributed by atoms with Crippen LogP contribution in [0.4, 0.5) is 5.69 Å². The molecule has 1 saturated heterocycles. The zero-order valence-electron chi connectivity index (χ0n) is 20.7. The van der Waals surface area contributed by atoms with Gasteiger partial charge >= 0.3 is 0 Å². The lowest BCUT2D eigenvalue weighted by Crippen LogP contribution is -2.30. The van der Waals surface area contributed by atoms with E-state index >= 15 is 0 Å². The minimum absolute atomic E-state index is 0.0665. The van der Waals surface area contributed by atoms with E-state index in [1.807, 2.05) is 98.8 Å². The van der Waals surface area contributed by atoms with Gasteiger partial charge in [0, 0.05) is 11.3 Å². The fourth-order valence-electron chi connectivity index (χ4n) is 4.71. The lowest BCUT2D eigenvalue weighted by atomic mass is 9.94. The molecule has 37 heavy (non-hydrogen) atoms. The van der Waals surface area contributed by atoms with Crippen molar-refractivity contribution in [2.75, 3.05) is 4.90 Å². The number of aryl methyl sites for hydroxylation is 2. The Hall–Kier alpha value is -4.64. The maximum absolute atomic E-state index is 13.4. The van der Waals surface area contributed by atoms with E-state index in [4.69, 9.17) is 4.74 Å². The summed E-state index contributed by atoms with van der Waals surface area (Å²) in [5, 5.41) is 11.4. The second-order valence-electron chi connectivity index (χ2n) is 9.12. The molecular weight excluding hydrogens is 462 g/mol. The van der Waals surface area contributed by atoms with Gasteiger partial charge in [-0.3, -0.25) is 14.5 Å². The lowest BCUT2D eigenvalue weighted by molar-refractivity contribution is -0.132. The molecule has 1 N–H and O–H groups in total. The summed E-state index contributed by atoms with van der Waals surface area (Å²) in [5.41, 5.74) is 4.62. The van der Waals surface area contributed by atoms with Crippen molar-refractivity contribution in [3.8, 4) is 5.75 Å². The first kappa shape index (κ1) is 24.1. The van der Waals surface area contributed by atoms with E-state index in [0.717, 1.165) is 22.3 Å². The Labute approximate surface area is 216 Å². The van der Waals surface area contributed by atoms with Crippen LogP contribution in [0.2, 0.25) is 0 Å². The Bertz CT molecular complexity index is 1490. The summed E-state index contributed by atoms with van der Waals surface area (Å²) >= 11 is 0. The van der Waals surface area contributed by atoms with Crippen molar-refractivity contribution in [1.82, 2.24) is 0 Å². The van der Waals surface area contributed by atoms with Crippen LogP contribution in [-0.4, -0.2) is 16.8 Å². The second-order valence-corrected chi connectivity index (χ2v) is 9.12. The van der Waals surface area contributed by atoms with E-state index in [-0.39, 0.29) is 11.3 Å². The monoisotopic (exact) mass is 489 g/mol. The molecule has 0 aromatic heterocycles. The Kier molecular flexibility index (Phi) is 6.60. The minimum atomic E-state index is -0.753. The molecule has 0 spiro atoms. The van der Waals surface area contributed by atoms with Crippen molar-refractivity contribution in [1.29, 1.82) is 0 Å². The summed E-state index contributed by atoms with van der Waals surface area (Å²) in [6.45, 7) is 4.20. The van der Waals surface area contributed by atoms with Gasteiger partial charge in [-0.05, 0) is 60.4 Å². The Morgan fingerprint density at radius 3 is 2.14 bits per heavy atom. The van der Waals surface area contributed by atoms with E-state index in [9.17, 15) is 14.7 Å². The number of amides is 1. The van der Waals surface area contributed by atoms with Crippen molar-refractivity contribution in [2.45, 2.75) is 26.5 Å². The molecule has 0 aliphatic carbocycles. The Balaban J connectivity index is 1.56. The Morgan fingerprint density at radius 1 is 0.811 bits per heavy atom. The normalized spacial score (nSPS) is 16.7. The number of ketones is 1. The summed E-state index contributed by atoms with van der Waals surface area (Å²) in [4.78, 5) is 28.2. The highest BCUT2D eigenvalue weighted by molar-refractivity contribution is 6.51. The largest absolute Gasteiger partial charge is 0.507 e. The second kappa shape index (κ2) is 10.2. The fraction of sp³-hybridized carbons (Fsp3) is 0.125. The number of carbonyl (C=O) groups is 2. The molecule has 4 aromatic rings. The first-order valence-corrected chi connectivity index (χ1v) is 12.1. The van der Waals surface area contributed by atoms with Crippen molar-refractivity contribution in [3.05, 3.63) is 137 Å². The highest BCUT2D eigenvalue weighted by Crippen LogP contribution is 2.43. The number of para-hydroxylation sites is 1. The maximum Gasteiger partial charge on any atom is 0.300 e. The number of hydrogen-bond acceptors (Lipinski definition) is 4. The van der Waals surface area contributed by atoms with Gasteiger partial charge in [0.2, 0.25) is 0 Å². The van der Waals surface area contributed by atoms with Crippen LogP contribution in [0.25, 0.3) is 5.76 Å². The molecule has 4 aromatic carbocycles. The van der Waals surface area contributed by atoms with Gasteiger partial charge in [-0.2, -0.15) is 0 Å². The molecular formula is C32H27NO4. The fourth-order valence-corrected chi connectivity index (χ4v) is 4.71. The molecule has 1 amide bonds. The third-order valence-electron chi connectivity index (χ3n) is 6.62. The number of aliphatic hydroxyl groups excluding tert-OH is 1. The van der Waals surface area contributed by atoms with E-state index < -0.39 is 17.7 Å². The van der Waals surface area contributed by atoms with Crippen molar-refractivity contribution in [2.24, 2.45) is 0 Å². The average molecular weight is 490 g/mol. The van der Waals surface area contributed by atoms with Crippen LogP contribution >= 0.6 is 0 Å². The number of aliphatic hydroxyl groups is 1. The smallest absolute Gasteiger partial charge is 0.300 e. The van der Waals surface area contributed by atoms with Gasteiger partial charge in [0.1, 0.15) is 18.1 Å². The van der Waals surface area contributed by atoms with E-state index in [0.29, 0.717) is 23.6 Å². The van der Waals surface area contributed by atoms with Gasteiger partial charge in [0.15, 0.2) is 0 Å².